The van der Waals surface area contributed by atoms with Crippen molar-refractivity contribution in [2.75, 3.05) is 11.9 Å². The molecule has 0 radical (unpaired) electrons. The Morgan fingerprint density at radius 1 is 1.09 bits per heavy atom. The molecule has 0 fully saturated rings. The molecule has 9 heteroatoms. The van der Waals surface area contributed by atoms with Crippen LogP contribution >= 0.6 is 0 Å². The topological polar surface area (TPSA) is 128 Å². The molecule has 2 heterocycles. The zero-order chi connectivity index (χ0) is 22.7. The number of nitrogens with zero attached hydrogens (tertiary/aromatic N) is 2. The number of ether oxygens (including phenoxy) is 2. The Hall–Kier alpha value is -3.88. The number of hydrogen-bond donors (Lipinski definition) is 3. The Balaban J connectivity index is 1.51. The third-order valence-electron chi connectivity index (χ3n) is 5.14. The number of hydrogen-bond acceptors (Lipinski definition) is 7. The van der Waals surface area contributed by atoms with Gasteiger partial charge in [0.15, 0.2) is 17.3 Å². The Labute approximate surface area is 185 Å². The van der Waals surface area contributed by atoms with E-state index in [0.717, 1.165) is 5.39 Å². The molecule has 0 saturated carbocycles. The highest BCUT2D eigenvalue weighted by Gasteiger charge is 2.27. The van der Waals surface area contributed by atoms with Crippen LogP contribution in [0.3, 0.4) is 0 Å². The summed E-state index contributed by atoms with van der Waals surface area (Å²) in [4.78, 5) is 33.6. The van der Waals surface area contributed by atoms with Crippen LogP contribution in [0.5, 0.6) is 11.5 Å². The highest BCUT2D eigenvalue weighted by Crippen LogP contribution is 2.31. The van der Waals surface area contributed by atoms with E-state index in [9.17, 15) is 9.59 Å². The predicted octanol–water partition coefficient (Wildman–Crippen LogP) is 2.01. The minimum absolute atomic E-state index is 0.0318. The van der Waals surface area contributed by atoms with Crippen molar-refractivity contribution >= 4 is 28.5 Å². The van der Waals surface area contributed by atoms with Gasteiger partial charge >= 0.3 is 0 Å². The average molecular weight is 435 g/mol. The molecule has 9 nitrogen and oxygen atoms in total. The first kappa shape index (κ1) is 21.4. The summed E-state index contributed by atoms with van der Waals surface area (Å²) in [5.74, 6) is 1.19. The number of benzene rings is 2. The van der Waals surface area contributed by atoms with Crippen LogP contribution in [0, 0.1) is 5.92 Å². The lowest BCUT2D eigenvalue weighted by Crippen LogP contribution is -2.44. The molecule has 1 unspecified atom stereocenters. The fraction of sp³-hybridized carbons (Fsp3) is 0.304. The lowest BCUT2D eigenvalue weighted by molar-refractivity contribution is -0.130. The van der Waals surface area contributed by atoms with E-state index >= 15 is 0 Å². The molecule has 1 aromatic heterocycles. The molecule has 0 saturated heterocycles. The molecular formula is C23H25N5O4. The second kappa shape index (κ2) is 9.09. The van der Waals surface area contributed by atoms with Crippen molar-refractivity contribution in [1.82, 2.24) is 15.3 Å². The lowest BCUT2D eigenvalue weighted by atomic mass is 10.0. The van der Waals surface area contributed by atoms with E-state index in [-0.39, 0.29) is 25.0 Å². The highest BCUT2D eigenvalue weighted by molar-refractivity contribution is 5.92. The van der Waals surface area contributed by atoms with Gasteiger partial charge in [-0.25, -0.2) is 9.97 Å². The third kappa shape index (κ3) is 4.56. The van der Waals surface area contributed by atoms with Crippen LogP contribution in [-0.4, -0.2) is 40.5 Å². The molecule has 2 amide bonds. The summed E-state index contributed by atoms with van der Waals surface area (Å²) in [6.45, 7) is 4.00. The van der Waals surface area contributed by atoms with Gasteiger partial charge in [-0.2, -0.15) is 0 Å². The standard InChI is InChI=1S/C23H25N5O4/c1-13(2)20(21(24)29)28-22-14-7-3-4-8-15(14)26-19(27-22)11-25-23(30)18-12-31-16-9-5-6-10-17(16)32-18/h3-10,13,18,20H,11-12H2,1-2H3,(H2,24,29)(H,25,30)(H,26,27,28)/t18?,20-/m0/s1. The van der Waals surface area contributed by atoms with Gasteiger partial charge in [-0.1, -0.05) is 38.1 Å². The summed E-state index contributed by atoms with van der Waals surface area (Å²) in [6.07, 6.45) is -0.775. The average Bonchev–Trinajstić information content (AvgIpc) is 2.80. The fourth-order valence-corrected chi connectivity index (χ4v) is 3.46. The van der Waals surface area contributed by atoms with Crippen LogP contribution in [0.4, 0.5) is 5.82 Å². The van der Waals surface area contributed by atoms with Gasteiger partial charge in [0.25, 0.3) is 5.91 Å². The zero-order valence-corrected chi connectivity index (χ0v) is 17.9. The zero-order valence-electron chi connectivity index (χ0n) is 17.9. The number of amides is 2. The van der Waals surface area contributed by atoms with E-state index < -0.39 is 18.1 Å². The predicted molar refractivity (Wildman–Crippen MR) is 119 cm³/mol. The summed E-state index contributed by atoms with van der Waals surface area (Å²) in [5.41, 5.74) is 6.24. The first-order valence-electron chi connectivity index (χ1n) is 10.4. The van der Waals surface area contributed by atoms with Gasteiger partial charge in [-0.15, -0.1) is 0 Å². The van der Waals surface area contributed by atoms with Gasteiger partial charge in [0.05, 0.1) is 12.1 Å². The van der Waals surface area contributed by atoms with Gasteiger partial charge in [0.1, 0.15) is 18.5 Å². The minimum atomic E-state index is -0.775. The quantitative estimate of drug-likeness (QED) is 0.518. The summed E-state index contributed by atoms with van der Waals surface area (Å²) < 4.78 is 11.3. The molecule has 0 bridgehead atoms. The smallest absolute Gasteiger partial charge is 0.265 e. The van der Waals surface area contributed by atoms with Crippen molar-refractivity contribution in [3.8, 4) is 11.5 Å². The van der Waals surface area contributed by atoms with Crippen LogP contribution in [-0.2, 0) is 16.1 Å². The normalized spacial score (nSPS) is 15.9. The Bertz CT molecular complexity index is 1150. The number of nitrogens with one attached hydrogen (secondary N) is 2. The number of nitrogens with two attached hydrogens (primary N) is 1. The number of carbonyl (C=O) groups is 2. The third-order valence-corrected chi connectivity index (χ3v) is 5.14. The fourth-order valence-electron chi connectivity index (χ4n) is 3.46. The van der Waals surface area contributed by atoms with Crippen LogP contribution in [0.15, 0.2) is 48.5 Å². The molecule has 1 aliphatic rings. The number of aromatic nitrogens is 2. The van der Waals surface area contributed by atoms with Crippen LogP contribution in [0.1, 0.15) is 19.7 Å². The largest absolute Gasteiger partial charge is 0.485 e. The maximum absolute atomic E-state index is 12.6. The molecule has 32 heavy (non-hydrogen) atoms. The van der Waals surface area contributed by atoms with Crippen molar-refractivity contribution < 1.29 is 19.1 Å². The van der Waals surface area contributed by atoms with Gasteiger partial charge < -0.3 is 25.8 Å². The number of anilines is 1. The Kier molecular flexibility index (Phi) is 6.07. The molecule has 4 N–H and O–H groups in total. The summed E-state index contributed by atoms with van der Waals surface area (Å²) in [7, 11) is 0. The number of carbonyl (C=O) groups excluding carboxylic acids is 2. The summed E-state index contributed by atoms with van der Waals surface area (Å²) in [6, 6.07) is 14.0. The molecule has 1 aliphatic heterocycles. The first-order valence-corrected chi connectivity index (χ1v) is 10.4. The lowest BCUT2D eigenvalue weighted by Gasteiger charge is -2.25. The SMILES string of the molecule is CC(C)[C@H](Nc1nc(CNC(=O)C2COc3ccccc3O2)nc2ccccc12)C(N)=O. The monoisotopic (exact) mass is 435 g/mol. The van der Waals surface area contributed by atoms with Gasteiger partial charge in [0, 0.05) is 5.39 Å². The Morgan fingerprint density at radius 3 is 2.56 bits per heavy atom. The number of para-hydroxylation sites is 3. The molecule has 0 aliphatic carbocycles. The first-order chi connectivity index (χ1) is 15.4. The van der Waals surface area contributed by atoms with E-state index in [0.29, 0.717) is 28.7 Å². The maximum atomic E-state index is 12.6. The van der Waals surface area contributed by atoms with Crippen LogP contribution in [0.2, 0.25) is 0 Å². The molecule has 3 aromatic rings. The van der Waals surface area contributed by atoms with Crippen LogP contribution in [0.25, 0.3) is 10.9 Å². The molecular weight excluding hydrogens is 410 g/mol. The Morgan fingerprint density at radius 2 is 1.81 bits per heavy atom. The van der Waals surface area contributed by atoms with Gasteiger partial charge in [0.2, 0.25) is 12.0 Å². The number of fused-ring (bicyclic) bond motifs is 2. The van der Waals surface area contributed by atoms with Crippen molar-refractivity contribution in [3.63, 3.8) is 0 Å². The van der Waals surface area contributed by atoms with E-state index in [4.69, 9.17) is 15.2 Å². The molecule has 0 spiro atoms. The van der Waals surface area contributed by atoms with Crippen molar-refractivity contribution in [2.24, 2.45) is 11.7 Å². The van der Waals surface area contributed by atoms with E-state index in [1.54, 1.807) is 12.1 Å². The number of rotatable bonds is 7. The van der Waals surface area contributed by atoms with Crippen molar-refractivity contribution in [1.29, 1.82) is 0 Å². The maximum Gasteiger partial charge on any atom is 0.265 e. The number of primary amides is 1. The highest BCUT2D eigenvalue weighted by atomic mass is 16.6. The van der Waals surface area contributed by atoms with Crippen molar-refractivity contribution in [2.45, 2.75) is 32.5 Å². The van der Waals surface area contributed by atoms with E-state index in [1.807, 2.05) is 50.2 Å². The molecule has 2 atom stereocenters. The molecule has 4 rings (SSSR count). The molecule has 2 aromatic carbocycles. The second-order valence-electron chi connectivity index (χ2n) is 7.86. The van der Waals surface area contributed by atoms with Gasteiger partial charge in [-0.05, 0) is 30.2 Å². The minimum Gasteiger partial charge on any atom is -0.485 e. The second-order valence-corrected chi connectivity index (χ2v) is 7.86. The summed E-state index contributed by atoms with van der Waals surface area (Å²) >= 11 is 0. The summed E-state index contributed by atoms with van der Waals surface area (Å²) in [5, 5.41) is 6.70. The van der Waals surface area contributed by atoms with Crippen LogP contribution < -0.4 is 25.8 Å². The van der Waals surface area contributed by atoms with E-state index in [1.165, 1.54) is 0 Å². The molecule has 166 valence electrons. The van der Waals surface area contributed by atoms with E-state index in [2.05, 4.69) is 20.6 Å². The van der Waals surface area contributed by atoms with Crippen molar-refractivity contribution in [3.05, 3.63) is 54.4 Å². The van der Waals surface area contributed by atoms with Gasteiger partial charge in [-0.3, -0.25) is 9.59 Å².